The molecule has 0 amide bonds. The third kappa shape index (κ3) is 3.50. The van der Waals surface area contributed by atoms with Crippen LogP contribution in [0.3, 0.4) is 0 Å². The van der Waals surface area contributed by atoms with E-state index in [9.17, 15) is 0 Å². The average molecular weight is 581 g/mol. The smallest absolute Gasteiger partial charge is 0.00137 e. The monoisotopic (exact) mass is 580 g/mol. The van der Waals surface area contributed by atoms with Gasteiger partial charge >= 0.3 is 0 Å². The highest BCUT2D eigenvalue weighted by molar-refractivity contribution is 6.41. The molecular formula is C46H28. The van der Waals surface area contributed by atoms with Crippen LogP contribution in [-0.4, -0.2) is 0 Å². The minimum Gasteiger partial charge on any atom is -0.0622 e. The third-order valence-electron chi connectivity index (χ3n) is 10.0. The molecule has 0 atom stereocenters. The van der Waals surface area contributed by atoms with Gasteiger partial charge in [-0.3, -0.25) is 0 Å². The Morgan fingerprint density at radius 2 is 0.739 bits per heavy atom. The van der Waals surface area contributed by atoms with E-state index < -0.39 is 0 Å². The SMILES string of the molecule is c1ccc(-c2ccccc2-c2ccc3c4c2cccc4c2cccc4c(-c5cccc6ccccc56)c5ccccc5c3c42)cc1. The minimum atomic E-state index is 1.24. The van der Waals surface area contributed by atoms with Crippen molar-refractivity contribution in [2.45, 2.75) is 0 Å². The first-order chi connectivity index (χ1) is 22.9. The molecule has 46 heavy (non-hydrogen) atoms. The molecule has 0 saturated carbocycles. The van der Waals surface area contributed by atoms with Crippen LogP contribution in [-0.2, 0) is 0 Å². The predicted molar refractivity (Wildman–Crippen MR) is 199 cm³/mol. The molecule has 0 unspecified atom stereocenters. The quantitative estimate of drug-likeness (QED) is 0.144. The zero-order valence-electron chi connectivity index (χ0n) is 25.2. The molecule has 0 aliphatic rings. The van der Waals surface area contributed by atoms with Crippen molar-refractivity contribution in [1.82, 2.24) is 0 Å². The van der Waals surface area contributed by atoms with E-state index in [0.29, 0.717) is 0 Å². The molecule has 0 aliphatic carbocycles. The van der Waals surface area contributed by atoms with Crippen molar-refractivity contribution < 1.29 is 0 Å². The first-order valence-corrected chi connectivity index (χ1v) is 16.0. The van der Waals surface area contributed by atoms with Crippen LogP contribution in [0.2, 0.25) is 0 Å². The van der Waals surface area contributed by atoms with Gasteiger partial charge in [-0.05, 0) is 98.0 Å². The van der Waals surface area contributed by atoms with E-state index in [0.717, 1.165) is 0 Å². The van der Waals surface area contributed by atoms with Gasteiger partial charge in [-0.2, -0.15) is 0 Å². The van der Waals surface area contributed by atoms with Crippen LogP contribution in [0.5, 0.6) is 0 Å². The van der Waals surface area contributed by atoms with Crippen LogP contribution in [0.1, 0.15) is 0 Å². The largest absolute Gasteiger partial charge is 0.0622 e. The maximum Gasteiger partial charge on any atom is -0.00137 e. The normalized spacial score (nSPS) is 11.9. The molecule has 0 bridgehead atoms. The van der Waals surface area contributed by atoms with Crippen molar-refractivity contribution in [3.63, 3.8) is 0 Å². The van der Waals surface area contributed by atoms with E-state index in [1.807, 2.05) is 0 Å². The van der Waals surface area contributed by atoms with Crippen molar-refractivity contribution in [2.24, 2.45) is 0 Å². The third-order valence-corrected chi connectivity index (χ3v) is 10.0. The molecule has 0 heteroatoms. The molecule has 0 saturated heterocycles. The van der Waals surface area contributed by atoms with Gasteiger partial charge in [0.2, 0.25) is 0 Å². The molecule has 0 spiro atoms. The summed E-state index contributed by atoms with van der Waals surface area (Å²) in [5.41, 5.74) is 7.63. The molecule has 0 aromatic heterocycles. The van der Waals surface area contributed by atoms with Crippen molar-refractivity contribution in [2.75, 3.05) is 0 Å². The maximum atomic E-state index is 2.39. The molecule has 0 nitrogen and oxygen atoms in total. The summed E-state index contributed by atoms with van der Waals surface area (Å²) in [5.74, 6) is 0. The number of fused-ring (bicyclic) bond motifs is 5. The fraction of sp³-hybridized carbons (Fsp3) is 0. The van der Waals surface area contributed by atoms with E-state index in [1.165, 1.54) is 98.0 Å². The van der Waals surface area contributed by atoms with Crippen LogP contribution in [0.4, 0.5) is 0 Å². The van der Waals surface area contributed by atoms with Crippen molar-refractivity contribution in [3.05, 3.63) is 170 Å². The van der Waals surface area contributed by atoms with Crippen molar-refractivity contribution in [1.29, 1.82) is 0 Å². The molecule has 10 rings (SSSR count). The summed E-state index contributed by atoms with van der Waals surface area (Å²) in [7, 11) is 0. The van der Waals surface area contributed by atoms with E-state index in [-0.39, 0.29) is 0 Å². The van der Waals surface area contributed by atoms with Crippen molar-refractivity contribution in [3.8, 4) is 33.4 Å². The Balaban J connectivity index is 1.38. The summed E-state index contributed by atoms with van der Waals surface area (Å²) in [6.45, 7) is 0. The summed E-state index contributed by atoms with van der Waals surface area (Å²) in [4.78, 5) is 0. The summed E-state index contributed by atoms with van der Waals surface area (Å²) in [6, 6.07) is 62.6. The van der Waals surface area contributed by atoms with Crippen LogP contribution in [0, 0.1) is 0 Å². The zero-order chi connectivity index (χ0) is 30.2. The van der Waals surface area contributed by atoms with E-state index >= 15 is 0 Å². The number of benzene rings is 10. The van der Waals surface area contributed by atoms with Gasteiger partial charge in [-0.25, -0.2) is 0 Å². The molecule has 0 aliphatic heterocycles. The molecule has 10 aromatic rings. The van der Waals surface area contributed by atoms with Crippen LogP contribution in [0.15, 0.2) is 170 Å². The fourth-order valence-corrected chi connectivity index (χ4v) is 8.13. The van der Waals surface area contributed by atoms with Crippen LogP contribution >= 0.6 is 0 Å². The topological polar surface area (TPSA) is 0 Å². The summed E-state index contributed by atoms with van der Waals surface area (Å²) < 4.78 is 0. The zero-order valence-corrected chi connectivity index (χ0v) is 25.2. The lowest BCUT2D eigenvalue weighted by molar-refractivity contribution is 1.60. The Hall–Kier alpha value is -5.98. The van der Waals surface area contributed by atoms with Gasteiger partial charge in [-0.15, -0.1) is 0 Å². The van der Waals surface area contributed by atoms with Gasteiger partial charge in [0, 0.05) is 0 Å². The molecule has 0 fully saturated rings. The standard InChI is InChI=1S/C46H28/c1-2-13-29(14-3-1)31-17-6-7-19-33(31)34-27-28-42-44-36(34)23-11-24-38(44)40-25-12-26-41-43(35-22-10-16-30-15-4-5-18-32(30)35)37-20-8-9-21-39(37)46(42)45(40)41/h1-28H. The minimum absolute atomic E-state index is 1.24. The van der Waals surface area contributed by atoms with Gasteiger partial charge in [0.15, 0.2) is 0 Å². The Morgan fingerprint density at radius 3 is 1.59 bits per heavy atom. The second kappa shape index (κ2) is 9.76. The Morgan fingerprint density at radius 1 is 0.217 bits per heavy atom. The number of rotatable bonds is 3. The molecule has 0 heterocycles. The molecule has 212 valence electrons. The summed E-state index contributed by atoms with van der Waals surface area (Å²) >= 11 is 0. The lowest BCUT2D eigenvalue weighted by Gasteiger charge is -2.21. The second-order valence-corrected chi connectivity index (χ2v) is 12.4. The second-order valence-electron chi connectivity index (χ2n) is 12.4. The predicted octanol–water partition coefficient (Wildman–Crippen LogP) is 13.0. The van der Waals surface area contributed by atoms with Crippen LogP contribution in [0.25, 0.3) is 98.0 Å². The van der Waals surface area contributed by atoms with Gasteiger partial charge in [-0.1, -0.05) is 170 Å². The Kier molecular flexibility index (Phi) is 5.38. The first kappa shape index (κ1) is 25.4. The average Bonchev–Trinajstić information content (AvgIpc) is 3.13. The van der Waals surface area contributed by atoms with E-state index in [2.05, 4.69) is 170 Å². The molecule has 0 N–H and O–H groups in total. The highest BCUT2D eigenvalue weighted by atomic mass is 14.2. The fourth-order valence-electron chi connectivity index (χ4n) is 8.13. The van der Waals surface area contributed by atoms with Gasteiger partial charge in [0.25, 0.3) is 0 Å². The van der Waals surface area contributed by atoms with E-state index in [4.69, 9.17) is 0 Å². The molecule has 10 aromatic carbocycles. The van der Waals surface area contributed by atoms with Gasteiger partial charge in [0.05, 0.1) is 0 Å². The summed E-state index contributed by atoms with van der Waals surface area (Å²) in [6.07, 6.45) is 0. The van der Waals surface area contributed by atoms with Gasteiger partial charge in [0.1, 0.15) is 0 Å². The molecule has 0 radical (unpaired) electrons. The number of hydrogen-bond donors (Lipinski definition) is 0. The summed E-state index contributed by atoms with van der Waals surface area (Å²) in [5, 5.41) is 15.7. The van der Waals surface area contributed by atoms with Gasteiger partial charge < -0.3 is 0 Å². The molecular weight excluding hydrogens is 553 g/mol. The first-order valence-electron chi connectivity index (χ1n) is 16.0. The van der Waals surface area contributed by atoms with E-state index in [1.54, 1.807) is 0 Å². The van der Waals surface area contributed by atoms with Crippen molar-refractivity contribution >= 4 is 64.6 Å². The maximum absolute atomic E-state index is 2.39. The van der Waals surface area contributed by atoms with Crippen LogP contribution < -0.4 is 0 Å². The Labute approximate surface area is 267 Å². The lowest BCUT2D eigenvalue weighted by Crippen LogP contribution is -1.94. The lowest BCUT2D eigenvalue weighted by atomic mass is 9.81. The highest BCUT2D eigenvalue weighted by Gasteiger charge is 2.21. The number of hydrogen-bond acceptors (Lipinski definition) is 0. The highest BCUT2D eigenvalue weighted by Crippen LogP contribution is 2.50. The Bertz CT molecular complexity index is 2780.